The summed E-state index contributed by atoms with van der Waals surface area (Å²) in [7, 11) is -2.84. The van der Waals surface area contributed by atoms with Gasteiger partial charge in [0.05, 0.1) is 17.2 Å². The Kier molecular flexibility index (Phi) is 3.03. The van der Waals surface area contributed by atoms with Crippen molar-refractivity contribution in [2.75, 3.05) is 11.5 Å². The smallest absolute Gasteiger partial charge is 0.220 e. The van der Waals surface area contributed by atoms with Crippen molar-refractivity contribution in [3.8, 4) is 0 Å². The molecule has 1 aromatic rings. The minimum Gasteiger partial charge on any atom is -0.443 e. The van der Waals surface area contributed by atoms with Crippen LogP contribution in [0.5, 0.6) is 0 Å². The number of hydrogen-bond donors (Lipinski definition) is 1. The summed E-state index contributed by atoms with van der Waals surface area (Å²) in [6, 6.07) is 0. The van der Waals surface area contributed by atoms with Crippen LogP contribution in [0.4, 0.5) is 0 Å². The molecule has 5 nitrogen and oxygen atoms in total. The average molecular weight is 245 g/mol. The van der Waals surface area contributed by atoms with E-state index in [4.69, 9.17) is 9.52 Å². The molecule has 1 aromatic heterocycles. The van der Waals surface area contributed by atoms with Crippen molar-refractivity contribution in [3.05, 3.63) is 17.3 Å². The minimum atomic E-state index is -2.84. The molecule has 0 amide bonds. The standard InChI is InChI=1S/C10H15NO4S/c1-7-10(11-9(6-12)15-7)8-2-4-16(13,14)5-3-8/h8,12H,2-6H2,1H3. The van der Waals surface area contributed by atoms with Gasteiger partial charge in [-0.1, -0.05) is 0 Å². The van der Waals surface area contributed by atoms with Crippen LogP contribution in [0.15, 0.2) is 4.42 Å². The maximum atomic E-state index is 11.3. The van der Waals surface area contributed by atoms with Crippen LogP contribution in [0.2, 0.25) is 0 Å². The normalized spacial score (nSPS) is 21.1. The third kappa shape index (κ3) is 2.27. The second-order valence-corrected chi connectivity index (χ2v) is 6.44. The molecule has 90 valence electrons. The van der Waals surface area contributed by atoms with Crippen LogP contribution >= 0.6 is 0 Å². The number of oxazole rings is 1. The predicted octanol–water partition coefficient (Wildman–Crippen LogP) is 0.768. The van der Waals surface area contributed by atoms with E-state index in [9.17, 15) is 8.42 Å². The molecule has 0 aliphatic carbocycles. The lowest BCUT2D eigenvalue weighted by molar-refractivity contribution is 0.238. The lowest BCUT2D eigenvalue weighted by atomic mass is 9.98. The van der Waals surface area contributed by atoms with Crippen molar-refractivity contribution in [2.45, 2.75) is 32.3 Å². The Bertz CT molecular complexity index is 463. The molecule has 1 saturated heterocycles. The number of aryl methyl sites for hydroxylation is 1. The number of aromatic nitrogens is 1. The largest absolute Gasteiger partial charge is 0.443 e. The van der Waals surface area contributed by atoms with E-state index in [2.05, 4.69) is 4.98 Å². The van der Waals surface area contributed by atoms with Crippen LogP contribution in [0.3, 0.4) is 0 Å². The predicted molar refractivity (Wildman–Crippen MR) is 57.8 cm³/mol. The highest BCUT2D eigenvalue weighted by molar-refractivity contribution is 7.91. The molecule has 1 fully saturated rings. The number of rotatable bonds is 2. The Labute approximate surface area is 94.4 Å². The summed E-state index contributed by atoms with van der Waals surface area (Å²) >= 11 is 0. The van der Waals surface area contributed by atoms with Crippen molar-refractivity contribution in [2.24, 2.45) is 0 Å². The zero-order valence-corrected chi connectivity index (χ0v) is 9.96. The first-order valence-electron chi connectivity index (χ1n) is 5.29. The molecule has 2 rings (SSSR count). The Hall–Kier alpha value is -0.880. The monoisotopic (exact) mass is 245 g/mol. The maximum absolute atomic E-state index is 11.3. The SMILES string of the molecule is Cc1oc(CO)nc1C1CCS(=O)(=O)CC1. The van der Waals surface area contributed by atoms with E-state index in [1.807, 2.05) is 0 Å². The van der Waals surface area contributed by atoms with Crippen molar-refractivity contribution >= 4 is 9.84 Å². The van der Waals surface area contributed by atoms with Crippen LogP contribution in [0.25, 0.3) is 0 Å². The molecule has 0 atom stereocenters. The van der Waals surface area contributed by atoms with E-state index in [1.165, 1.54) is 0 Å². The van der Waals surface area contributed by atoms with Gasteiger partial charge in [-0.05, 0) is 19.8 Å². The first kappa shape index (κ1) is 11.6. The summed E-state index contributed by atoms with van der Waals surface area (Å²) in [5.41, 5.74) is 0.805. The number of aliphatic hydroxyl groups excluding tert-OH is 1. The third-order valence-corrected chi connectivity index (χ3v) is 4.67. The van der Waals surface area contributed by atoms with E-state index in [1.54, 1.807) is 6.92 Å². The van der Waals surface area contributed by atoms with Crippen LogP contribution in [0.1, 0.15) is 36.1 Å². The fourth-order valence-electron chi connectivity index (χ4n) is 2.07. The second kappa shape index (κ2) is 4.18. The second-order valence-electron chi connectivity index (χ2n) is 4.13. The van der Waals surface area contributed by atoms with E-state index in [-0.39, 0.29) is 24.0 Å². The molecular formula is C10H15NO4S. The van der Waals surface area contributed by atoms with Gasteiger partial charge in [0.1, 0.15) is 22.2 Å². The molecule has 0 saturated carbocycles. The van der Waals surface area contributed by atoms with Gasteiger partial charge in [-0.15, -0.1) is 0 Å². The molecule has 2 heterocycles. The summed E-state index contributed by atoms with van der Waals surface area (Å²) in [6.07, 6.45) is 1.20. The summed E-state index contributed by atoms with van der Waals surface area (Å²) in [6.45, 7) is 1.58. The lowest BCUT2D eigenvalue weighted by Gasteiger charge is -2.20. The molecule has 0 radical (unpaired) electrons. The molecule has 0 bridgehead atoms. The van der Waals surface area contributed by atoms with Gasteiger partial charge < -0.3 is 9.52 Å². The quantitative estimate of drug-likeness (QED) is 0.832. The molecule has 0 aromatic carbocycles. The van der Waals surface area contributed by atoms with Gasteiger partial charge in [0.15, 0.2) is 0 Å². The van der Waals surface area contributed by atoms with E-state index >= 15 is 0 Å². The number of sulfone groups is 1. The molecule has 16 heavy (non-hydrogen) atoms. The summed E-state index contributed by atoms with van der Waals surface area (Å²) in [5, 5.41) is 8.90. The molecule has 0 unspecified atom stereocenters. The van der Waals surface area contributed by atoms with E-state index in [0.717, 1.165) is 5.69 Å². The van der Waals surface area contributed by atoms with Crippen molar-refractivity contribution in [3.63, 3.8) is 0 Å². The van der Waals surface area contributed by atoms with Gasteiger partial charge in [0.25, 0.3) is 0 Å². The highest BCUT2D eigenvalue weighted by Gasteiger charge is 2.28. The van der Waals surface area contributed by atoms with Crippen LogP contribution in [0, 0.1) is 6.92 Å². The van der Waals surface area contributed by atoms with Crippen LogP contribution in [-0.4, -0.2) is 30.0 Å². The highest BCUT2D eigenvalue weighted by atomic mass is 32.2. The van der Waals surface area contributed by atoms with Gasteiger partial charge in [-0.25, -0.2) is 13.4 Å². The molecular weight excluding hydrogens is 230 g/mol. The Morgan fingerprint density at radius 1 is 1.44 bits per heavy atom. The first-order chi connectivity index (χ1) is 7.52. The van der Waals surface area contributed by atoms with Crippen molar-refractivity contribution in [1.29, 1.82) is 0 Å². The molecule has 1 aliphatic rings. The molecule has 6 heteroatoms. The fourth-order valence-corrected chi connectivity index (χ4v) is 3.57. The van der Waals surface area contributed by atoms with Crippen LogP contribution in [-0.2, 0) is 16.4 Å². The average Bonchev–Trinajstić information content (AvgIpc) is 2.60. The summed E-state index contributed by atoms with van der Waals surface area (Å²) in [4.78, 5) is 4.19. The van der Waals surface area contributed by atoms with E-state index < -0.39 is 9.84 Å². The first-order valence-corrected chi connectivity index (χ1v) is 7.11. The lowest BCUT2D eigenvalue weighted by Crippen LogP contribution is -2.22. The van der Waals surface area contributed by atoms with Gasteiger partial charge in [0, 0.05) is 5.92 Å². The van der Waals surface area contributed by atoms with Gasteiger partial charge >= 0.3 is 0 Å². The summed E-state index contributed by atoms with van der Waals surface area (Å²) < 4.78 is 27.8. The Balaban J connectivity index is 2.16. The number of aliphatic hydroxyl groups is 1. The van der Waals surface area contributed by atoms with Crippen molar-refractivity contribution in [1.82, 2.24) is 4.98 Å². The number of hydrogen-bond acceptors (Lipinski definition) is 5. The van der Waals surface area contributed by atoms with Gasteiger partial charge in [-0.2, -0.15) is 0 Å². The number of nitrogens with zero attached hydrogens (tertiary/aromatic N) is 1. The Morgan fingerprint density at radius 2 is 2.06 bits per heavy atom. The molecule has 1 aliphatic heterocycles. The molecule has 0 spiro atoms. The van der Waals surface area contributed by atoms with Crippen LogP contribution < -0.4 is 0 Å². The topological polar surface area (TPSA) is 80.4 Å². The van der Waals surface area contributed by atoms with E-state index in [0.29, 0.717) is 24.5 Å². The van der Waals surface area contributed by atoms with Gasteiger partial charge in [-0.3, -0.25) is 0 Å². The molecule has 1 N–H and O–H groups in total. The minimum absolute atomic E-state index is 0.146. The zero-order valence-electron chi connectivity index (χ0n) is 9.14. The third-order valence-electron chi connectivity index (χ3n) is 2.95. The van der Waals surface area contributed by atoms with Gasteiger partial charge in [0.2, 0.25) is 5.89 Å². The maximum Gasteiger partial charge on any atom is 0.220 e. The Morgan fingerprint density at radius 3 is 2.56 bits per heavy atom. The highest BCUT2D eigenvalue weighted by Crippen LogP contribution is 2.30. The zero-order chi connectivity index (χ0) is 11.8. The van der Waals surface area contributed by atoms with Crippen molar-refractivity contribution < 1.29 is 17.9 Å². The fraction of sp³-hybridized carbons (Fsp3) is 0.700. The summed E-state index contributed by atoms with van der Waals surface area (Å²) in [5.74, 6) is 1.58.